The van der Waals surface area contributed by atoms with Crippen LogP contribution in [0.2, 0.25) is 0 Å². The maximum absolute atomic E-state index is 11.8. The number of hydrogen-bond acceptors (Lipinski definition) is 3. The maximum Gasteiger partial charge on any atom is 0.443 e. The molecule has 0 spiro atoms. The van der Waals surface area contributed by atoms with Gasteiger partial charge < -0.3 is 4.74 Å². The van der Waals surface area contributed by atoms with Crippen LogP contribution in [0.1, 0.15) is 6.92 Å². The van der Waals surface area contributed by atoms with Crippen molar-refractivity contribution in [3.8, 4) is 0 Å². The highest BCUT2D eigenvalue weighted by Crippen LogP contribution is 1.88. The van der Waals surface area contributed by atoms with Crippen molar-refractivity contribution >= 4 is 12.4 Å². The molecule has 52 valence electrons. The topological polar surface area (TPSA) is 53.4 Å². The second-order valence-electron chi connectivity index (χ2n) is 1.14. The smallest absolute Gasteiger partial charge is 0.443 e. The molecule has 1 N–H and O–H groups in total. The number of halogens is 1. The van der Waals surface area contributed by atoms with E-state index in [0.717, 1.165) is 0 Å². The summed E-state index contributed by atoms with van der Waals surface area (Å²) in [6.07, 6.45) is -0.926. The molecule has 5 heteroatoms. The minimum Gasteiger partial charge on any atom is -0.448 e. The van der Waals surface area contributed by atoms with E-state index >= 15 is 0 Å². The van der Waals surface area contributed by atoms with E-state index in [2.05, 4.69) is 4.74 Å². The van der Waals surface area contributed by atoms with Crippen molar-refractivity contribution in [1.29, 1.82) is 5.41 Å². The van der Waals surface area contributed by atoms with Gasteiger partial charge in [0.2, 0.25) is 0 Å². The molecule has 0 atom stereocenters. The van der Waals surface area contributed by atoms with Gasteiger partial charge in [0.1, 0.15) is 6.34 Å². The number of hydrogen-bond donors (Lipinski definition) is 1. The molecule has 0 aromatic carbocycles. The number of rotatable bonds is 2. The highest BCUT2D eigenvalue weighted by Gasteiger charge is 2.08. The van der Waals surface area contributed by atoms with Gasteiger partial charge >= 0.3 is 6.09 Å². The standard InChI is InChI=1S/C4H7FN2O2/c1-2-9-4(8)7(5)3-6/h3,6H,2H2,1H3. The lowest BCUT2D eigenvalue weighted by molar-refractivity contribution is 0.0665. The van der Waals surface area contributed by atoms with Gasteiger partial charge in [-0.1, -0.05) is 9.60 Å². The van der Waals surface area contributed by atoms with Crippen molar-refractivity contribution in [2.24, 2.45) is 0 Å². The van der Waals surface area contributed by atoms with Crippen molar-refractivity contribution in [1.82, 2.24) is 5.12 Å². The largest absolute Gasteiger partial charge is 0.448 e. The van der Waals surface area contributed by atoms with Crippen LogP contribution in [0.25, 0.3) is 0 Å². The van der Waals surface area contributed by atoms with Crippen LogP contribution in [0.3, 0.4) is 0 Å². The second kappa shape index (κ2) is 3.82. The molecule has 0 heterocycles. The zero-order valence-electron chi connectivity index (χ0n) is 4.93. The Morgan fingerprint density at radius 2 is 2.56 bits per heavy atom. The third-order valence-corrected chi connectivity index (χ3v) is 0.556. The van der Waals surface area contributed by atoms with Gasteiger partial charge in [-0.3, -0.25) is 5.41 Å². The third-order valence-electron chi connectivity index (χ3n) is 0.556. The summed E-state index contributed by atoms with van der Waals surface area (Å²) >= 11 is 0. The monoisotopic (exact) mass is 134 g/mol. The number of nitrogens with one attached hydrogen (secondary N) is 1. The fraction of sp³-hybridized carbons (Fsp3) is 0.500. The van der Waals surface area contributed by atoms with Crippen LogP contribution in [0.15, 0.2) is 0 Å². The molecule has 0 saturated carbocycles. The van der Waals surface area contributed by atoms with Gasteiger partial charge in [-0.05, 0) is 6.92 Å². The number of carbonyl (C=O) groups excluding carboxylic acids is 1. The molecule has 0 aliphatic carbocycles. The molecule has 0 aromatic heterocycles. The van der Waals surface area contributed by atoms with Crippen LogP contribution in [-0.2, 0) is 4.74 Å². The molecular formula is C4H7FN2O2. The Balaban J connectivity index is 3.58. The first-order valence-corrected chi connectivity index (χ1v) is 2.34. The molecule has 1 amide bonds. The average molecular weight is 134 g/mol. The Morgan fingerprint density at radius 1 is 2.00 bits per heavy atom. The van der Waals surface area contributed by atoms with Crippen LogP contribution in [-0.4, -0.2) is 24.2 Å². The van der Waals surface area contributed by atoms with E-state index in [1.807, 2.05) is 0 Å². The van der Waals surface area contributed by atoms with Crippen molar-refractivity contribution in [2.45, 2.75) is 6.92 Å². The quantitative estimate of drug-likeness (QED) is 0.347. The van der Waals surface area contributed by atoms with Crippen molar-refractivity contribution in [3.05, 3.63) is 0 Å². The zero-order chi connectivity index (χ0) is 7.28. The van der Waals surface area contributed by atoms with Crippen LogP contribution in [0.5, 0.6) is 0 Å². The summed E-state index contributed by atoms with van der Waals surface area (Å²) in [6.45, 7) is 1.66. The summed E-state index contributed by atoms with van der Waals surface area (Å²) in [5, 5.41) is 5.80. The van der Waals surface area contributed by atoms with Gasteiger partial charge in [-0.15, -0.1) is 0 Å². The lowest BCUT2D eigenvalue weighted by atomic mass is 10.9. The summed E-state index contributed by atoms with van der Waals surface area (Å²) in [4.78, 5) is 10.2. The molecule has 0 saturated heterocycles. The summed E-state index contributed by atoms with van der Waals surface area (Å²) in [6, 6.07) is 0. The number of amides is 1. The first-order valence-electron chi connectivity index (χ1n) is 2.34. The summed E-state index contributed by atoms with van der Waals surface area (Å²) in [5.41, 5.74) is 0. The molecule has 0 aromatic rings. The highest BCUT2D eigenvalue weighted by molar-refractivity contribution is 5.79. The molecule has 0 unspecified atom stereocenters. The van der Waals surface area contributed by atoms with Gasteiger partial charge in [-0.25, -0.2) is 4.79 Å². The van der Waals surface area contributed by atoms with Crippen molar-refractivity contribution < 1.29 is 14.0 Å². The first kappa shape index (κ1) is 7.87. The Hall–Kier alpha value is -1.13. The van der Waals surface area contributed by atoms with Crippen LogP contribution in [0, 0.1) is 5.41 Å². The van der Waals surface area contributed by atoms with E-state index in [1.54, 1.807) is 6.92 Å². The Bertz CT molecular complexity index is 117. The zero-order valence-corrected chi connectivity index (χ0v) is 4.93. The van der Waals surface area contributed by atoms with E-state index in [4.69, 9.17) is 5.41 Å². The normalized spacial score (nSPS) is 8.22. The third kappa shape index (κ3) is 2.63. The average Bonchev–Trinajstić information content (AvgIpc) is 1.87. The summed E-state index contributed by atoms with van der Waals surface area (Å²) in [7, 11) is 0. The first-order chi connectivity index (χ1) is 4.22. The minimum atomic E-state index is -1.16. The molecule has 0 radical (unpaired) electrons. The number of nitrogens with zero attached hydrogens (tertiary/aromatic N) is 1. The predicted molar refractivity (Wildman–Crippen MR) is 28.8 cm³/mol. The minimum absolute atomic E-state index is 0.104. The lowest BCUT2D eigenvalue weighted by Crippen LogP contribution is -2.21. The van der Waals surface area contributed by atoms with Crippen LogP contribution < -0.4 is 0 Å². The Labute approximate surface area is 51.7 Å². The Morgan fingerprint density at radius 3 is 2.89 bits per heavy atom. The fourth-order valence-corrected chi connectivity index (χ4v) is 0.238. The molecule has 0 aliphatic heterocycles. The van der Waals surface area contributed by atoms with Crippen molar-refractivity contribution in [2.75, 3.05) is 6.61 Å². The fourth-order valence-electron chi connectivity index (χ4n) is 0.238. The summed E-state index contributed by atoms with van der Waals surface area (Å²) < 4.78 is 16.0. The molecule has 0 aliphatic rings. The predicted octanol–water partition coefficient (Wildman–Crippen LogP) is 0.936. The second-order valence-corrected chi connectivity index (χ2v) is 1.14. The molecule has 0 bridgehead atoms. The number of ether oxygens (including phenoxy) is 1. The van der Waals surface area contributed by atoms with E-state index in [9.17, 15) is 9.28 Å². The van der Waals surface area contributed by atoms with E-state index < -0.39 is 11.2 Å². The van der Waals surface area contributed by atoms with Gasteiger partial charge in [0.25, 0.3) is 0 Å². The Kier molecular flexibility index (Phi) is 3.34. The van der Waals surface area contributed by atoms with Crippen LogP contribution in [0.4, 0.5) is 9.28 Å². The van der Waals surface area contributed by atoms with E-state index in [-0.39, 0.29) is 12.9 Å². The highest BCUT2D eigenvalue weighted by atomic mass is 19.2. The van der Waals surface area contributed by atoms with Crippen LogP contribution >= 0.6 is 0 Å². The van der Waals surface area contributed by atoms with Gasteiger partial charge in [0.05, 0.1) is 6.61 Å². The molecule has 4 nitrogen and oxygen atoms in total. The van der Waals surface area contributed by atoms with E-state index in [1.165, 1.54) is 0 Å². The van der Waals surface area contributed by atoms with Crippen molar-refractivity contribution in [3.63, 3.8) is 0 Å². The summed E-state index contributed by atoms with van der Waals surface area (Å²) in [5.74, 6) is 0. The van der Waals surface area contributed by atoms with Gasteiger partial charge in [0, 0.05) is 0 Å². The van der Waals surface area contributed by atoms with Gasteiger partial charge in [0.15, 0.2) is 0 Å². The van der Waals surface area contributed by atoms with E-state index in [0.29, 0.717) is 0 Å². The van der Waals surface area contributed by atoms with Gasteiger partial charge in [-0.2, -0.15) is 0 Å². The SMILES string of the molecule is CCOC(=O)N(F)C=N. The maximum atomic E-state index is 11.8. The number of carbonyl (C=O) groups is 1. The molecule has 9 heavy (non-hydrogen) atoms. The lowest BCUT2D eigenvalue weighted by Gasteiger charge is -2.02. The molecule has 0 rings (SSSR count). The molecule has 0 fully saturated rings. The molecular weight excluding hydrogens is 127 g/mol.